The average Bonchev–Trinajstić information content (AvgIpc) is 3.13. The number of benzene rings is 1. The normalized spacial score (nSPS) is 13.5. The molecule has 0 saturated carbocycles. The van der Waals surface area contributed by atoms with Crippen LogP contribution in [-0.2, 0) is 17.9 Å². The zero-order valence-electron chi connectivity index (χ0n) is 11.8. The van der Waals surface area contributed by atoms with E-state index in [4.69, 9.17) is 0 Å². The van der Waals surface area contributed by atoms with Crippen molar-refractivity contribution in [3.8, 4) is 0 Å². The Kier molecular flexibility index (Phi) is 3.34. The van der Waals surface area contributed by atoms with Crippen molar-refractivity contribution in [1.29, 1.82) is 0 Å². The zero-order chi connectivity index (χ0) is 14.9. The highest BCUT2D eigenvalue weighted by molar-refractivity contribution is 7.98. The Labute approximate surface area is 130 Å². The second-order valence-corrected chi connectivity index (χ2v) is 6.20. The molecule has 7 heteroatoms. The first-order chi connectivity index (χ1) is 10.8. The third kappa shape index (κ3) is 2.48. The van der Waals surface area contributed by atoms with E-state index in [9.17, 15) is 4.79 Å². The number of imidazole rings is 1. The van der Waals surface area contributed by atoms with Gasteiger partial charge < -0.3 is 10.3 Å². The van der Waals surface area contributed by atoms with E-state index in [1.165, 1.54) is 0 Å². The van der Waals surface area contributed by atoms with Crippen LogP contribution in [0.2, 0.25) is 0 Å². The number of H-pyrrole nitrogens is 2. The van der Waals surface area contributed by atoms with Gasteiger partial charge in [-0.3, -0.25) is 9.78 Å². The van der Waals surface area contributed by atoms with Crippen LogP contribution in [0.5, 0.6) is 0 Å². The number of aromatic amines is 2. The van der Waals surface area contributed by atoms with E-state index in [0.29, 0.717) is 12.5 Å². The van der Waals surface area contributed by atoms with Crippen LogP contribution in [-0.4, -0.2) is 26.5 Å². The summed E-state index contributed by atoms with van der Waals surface area (Å²) in [5, 5.41) is 3.17. The Morgan fingerprint density at radius 3 is 3.00 bits per heavy atom. The van der Waals surface area contributed by atoms with Crippen LogP contribution in [0, 0.1) is 0 Å². The summed E-state index contributed by atoms with van der Waals surface area (Å²) in [6, 6.07) is 7.96. The number of rotatable bonds is 4. The summed E-state index contributed by atoms with van der Waals surface area (Å²) in [5.74, 6) is 3.05. The maximum absolute atomic E-state index is 11.9. The molecule has 2 aromatic heterocycles. The molecule has 0 radical (unpaired) electrons. The molecule has 0 spiro atoms. The van der Waals surface area contributed by atoms with Crippen LogP contribution in [0.4, 0.5) is 5.95 Å². The first-order valence-corrected chi connectivity index (χ1v) is 8.32. The molecule has 3 heterocycles. The lowest BCUT2D eigenvalue weighted by molar-refractivity contribution is 0.907. The van der Waals surface area contributed by atoms with Crippen molar-refractivity contribution >= 4 is 28.7 Å². The third-order valence-electron chi connectivity index (χ3n) is 3.68. The lowest BCUT2D eigenvalue weighted by Crippen LogP contribution is -2.18. The molecular weight excluding hydrogens is 298 g/mol. The van der Waals surface area contributed by atoms with E-state index in [1.807, 2.05) is 24.3 Å². The SMILES string of the molecule is O=c1[nH]c(NCCc2nc3ccccc3[nH]2)nc2c1CSC2. The molecule has 1 aromatic carbocycles. The van der Waals surface area contributed by atoms with Gasteiger partial charge in [0.15, 0.2) is 0 Å². The molecule has 22 heavy (non-hydrogen) atoms. The molecule has 0 atom stereocenters. The number of hydrogen-bond acceptors (Lipinski definition) is 5. The first-order valence-electron chi connectivity index (χ1n) is 7.17. The van der Waals surface area contributed by atoms with Crippen molar-refractivity contribution in [2.24, 2.45) is 0 Å². The molecule has 3 N–H and O–H groups in total. The molecule has 0 fully saturated rings. The van der Waals surface area contributed by atoms with Crippen molar-refractivity contribution in [3.05, 3.63) is 51.7 Å². The fourth-order valence-corrected chi connectivity index (χ4v) is 3.61. The summed E-state index contributed by atoms with van der Waals surface area (Å²) in [7, 11) is 0. The van der Waals surface area contributed by atoms with Gasteiger partial charge in [-0.25, -0.2) is 9.97 Å². The Morgan fingerprint density at radius 1 is 1.18 bits per heavy atom. The Hall–Kier alpha value is -2.28. The summed E-state index contributed by atoms with van der Waals surface area (Å²) in [4.78, 5) is 27.0. The monoisotopic (exact) mass is 313 g/mol. The second-order valence-electron chi connectivity index (χ2n) is 5.21. The minimum Gasteiger partial charge on any atom is -0.355 e. The van der Waals surface area contributed by atoms with E-state index >= 15 is 0 Å². The molecule has 112 valence electrons. The molecule has 0 bridgehead atoms. The zero-order valence-corrected chi connectivity index (χ0v) is 12.7. The Bertz CT molecular complexity index is 852. The predicted molar refractivity (Wildman–Crippen MR) is 88.1 cm³/mol. The Balaban J connectivity index is 1.45. The van der Waals surface area contributed by atoms with Crippen LogP contribution >= 0.6 is 11.8 Å². The fraction of sp³-hybridized carbons (Fsp3) is 0.267. The largest absolute Gasteiger partial charge is 0.355 e. The average molecular weight is 313 g/mol. The molecule has 1 aliphatic rings. The molecule has 0 saturated heterocycles. The molecule has 1 aliphatic heterocycles. The summed E-state index contributed by atoms with van der Waals surface area (Å²) in [6.45, 7) is 0.661. The van der Waals surface area contributed by atoms with Crippen LogP contribution in [0.3, 0.4) is 0 Å². The van der Waals surface area contributed by atoms with Gasteiger partial charge in [-0.2, -0.15) is 11.8 Å². The number of thioether (sulfide) groups is 1. The van der Waals surface area contributed by atoms with Gasteiger partial charge in [-0.15, -0.1) is 0 Å². The van der Waals surface area contributed by atoms with Gasteiger partial charge in [-0.05, 0) is 12.1 Å². The molecule has 0 aliphatic carbocycles. The van der Waals surface area contributed by atoms with E-state index in [-0.39, 0.29) is 5.56 Å². The summed E-state index contributed by atoms with van der Waals surface area (Å²) in [5.41, 5.74) is 3.70. The van der Waals surface area contributed by atoms with Crippen molar-refractivity contribution in [3.63, 3.8) is 0 Å². The highest BCUT2D eigenvalue weighted by atomic mass is 32.2. The smallest absolute Gasteiger partial charge is 0.256 e. The molecule has 4 rings (SSSR count). The van der Waals surface area contributed by atoms with Gasteiger partial charge in [0, 0.05) is 30.0 Å². The molecule has 3 aromatic rings. The number of para-hydroxylation sites is 2. The highest BCUT2D eigenvalue weighted by Gasteiger charge is 2.17. The van der Waals surface area contributed by atoms with Gasteiger partial charge in [0.25, 0.3) is 5.56 Å². The quantitative estimate of drug-likeness (QED) is 0.686. The molecule has 0 amide bonds. The van der Waals surface area contributed by atoms with Crippen molar-refractivity contribution in [2.75, 3.05) is 11.9 Å². The maximum Gasteiger partial charge on any atom is 0.256 e. The van der Waals surface area contributed by atoms with Crippen LogP contribution < -0.4 is 10.9 Å². The molecule has 0 unspecified atom stereocenters. The number of hydrogen-bond donors (Lipinski definition) is 3. The number of fused-ring (bicyclic) bond motifs is 2. The minimum absolute atomic E-state index is 0.0266. The number of anilines is 1. The lowest BCUT2D eigenvalue weighted by atomic mass is 10.3. The van der Waals surface area contributed by atoms with Gasteiger partial charge in [0.05, 0.1) is 16.7 Å². The summed E-state index contributed by atoms with van der Waals surface area (Å²) < 4.78 is 0. The van der Waals surface area contributed by atoms with Gasteiger partial charge >= 0.3 is 0 Å². The van der Waals surface area contributed by atoms with Crippen molar-refractivity contribution in [2.45, 2.75) is 17.9 Å². The van der Waals surface area contributed by atoms with Crippen LogP contribution in [0.15, 0.2) is 29.1 Å². The number of nitrogens with zero attached hydrogens (tertiary/aromatic N) is 2. The van der Waals surface area contributed by atoms with Crippen LogP contribution in [0.25, 0.3) is 11.0 Å². The fourth-order valence-electron chi connectivity index (χ4n) is 2.57. The topological polar surface area (TPSA) is 86.5 Å². The summed E-state index contributed by atoms with van der Waals surface area (Å²) >= 11 is 1.72. The Morgan fingerprint density at radius 2 is 2.09 bits per heavy atom. The van der Waals surface area contributed by atoms with Crippen molar-refractivity contribution in [1.82, 2.24) is 19.9 Å². The maximum atomic E-state index is 11.9. The summed E-state index contributed by atoms with van der Waals surface area (Å²) in [6.07, 6.45) is 0.740. The molecular formula is C15H15N5OS. The predicted octanol–water partition coefficient (Wildman–Crippen LogP) is 2.05. The van der Waals surface area contributed by atoms with E-state index in [0.717, 1.165) is 46.0 Å². The van der Waals surface area contributed by atoms with Gasteiger partial charge in [0.2, 0.25) is 5.95 Å². The van der Waals surface area contributed by atoms with E-state index in [1.54, 1.807) is 11.8 Å². The number of aromatic nitrogens is 4. The highest BCUT2D eigenvalue weighted by Crippen LogP contribution is 2.25. The lowest BCUT2D eigenvalue weighted by Gasteiger charge is -2.05. The third-order valence-corrected chi connectivity index (χ3v) is 4.65. The van der Waals surface area contributed by atoms with E-state index in [2.05, 4.69) is 25.3 Å². The van der Waals surface area contributed by atoms with Crippen molar-refractivity contribution < 1.29 is 0 Å². The number of nitrogens with one attached hydrogen (secondary N) is 3. The molecule has 6 nitrogen and oxygen atoms in total. The van der Waals surface area contributed by atoms with Crippen LogP contribution in [0.1, 0.15) is 17.1 Å². The van der Waals surface area contributed by atoms with E-state index < -0.39 is 0 Å². The van der Waals surface area contributed by atoms with Gasteiger partial charge in [-0.1, -0.05) is 12.1 Å². The minimum atomic E-state index is -0.0266. The standard InChI is InChI=1S/C15H15N5OS/c21-14-9-7-22-8-12(9)19-15(20-14)16-6-5-13-17-10-3-1-2-4-11(10)18-13/h1-4H,5-8H2,(H,17,18)(H2,16,19,20,21). The first kappa shape index (κ1) is 13.4. The van der Waals surface area contributed by atoms with Gasteiger partial charge in [0.1, 0.15) is 5.82 Å². The second kappa shape index (κ2) is 5.49.